The van der Waals surface area contributed by atoms with Crippen molar-refractivity contribution in [3.63, 3.8) is 0 Å². The van der Waals surface area contributed by atoms with E-state index in [-0.39, 0.29) is 0 Å². The molecule has 4 aromatic rings. The average Bonchev–Trinajstić information content (AvgIpc) is 3.47. The number of fused-ring (bicyclic) bond motifs is 1. The van der Waals surface area contributed by atoms with Crippen LogP contribution in [0.3, 0.4) is 0 Å². The number of hydrazine groups is 1. The molecule has 31 heavy (non-hydrogen) atoms. The maximum absolute atomic E-state index is 12.9. The Bertz CT molecular complexity index is 1310. The Labute approximate surface area is 181 Å². The molecule has 3 aromatic heterocycles. The smallest absolute Gasteiger partial charge is 0.281 e. The standard InChI is InChI=1S/C22H19N5O3S/c1-11-17-15(10-16(13-8-9-13)24-21(17)30-27-11)19(28)25-26-20(29)18-12(2)23-22(31-18)14-6-4-3-5-7-14/h3-7,10,13H,8-9H2,1-2H3,(H,25,28)(H,26,29). The number of amides is 2. The van der Waals surface area contributed by atoms with Crippen molar-refractivity contribution in [2.45, 2.75) is 32.6 Å². The molecule has 0 bridgehead atoms. The highest BCUT2D eigenvalue weighted by molar-refractivity contribution is 7.17. The third kappa shape index (κ3) is 3.68. The SMILES string of the molecule is Cc1nc(-c2ccccc2)sc1C(=O)NNC(=O)c1cc(C2CC2)nc2onc(C)c12. The molecule has 1 fully saturated rings. The van der Waals surface area contributed by atoms with E-state index in [1.165, 1.54) is 11.3 Å². The molecule has 2 N–H and O–H groups in total. The van der Waals surface area contributed by atoms with Gasteiger partial charge in [-0.3, -0.25) is 20.4 Å². The number of rotatable bonds is 4. The summed E-state index contributed by atoms with van der Waals surface area (Å²) in [4.78, 5) is 35.0. The van der Waals surface area contributed by atoms with Crippen LogP contribution in [0.1, 0.15) is 55.9 Å². The molecular formula is C22H19N5O3S. The molecule has 1 saturated carbocycles. The number of pyridine rings is 1. The Morgan fingerprint density at radius 1 is 1.03 bits per heavy atom. The highest BCUT2D eigenvalue weighted by Gasteiger charge is 2.29. The van der Waals surface area contributed by atoms with Gasteiger partial charge in [0.05, 0.1) is 22.3 Å². The Hall–Kier alpha value is -3.59. The third-order valence-corrected chi connectivity index (χ3v) is 6.40. The Balaban J connectivity index is 1.36. The molecule has 0 radical (unpaired) electrons. The van der Waals surface area contributed by atoms with Crippen molar-refractivity contribution in [2.75, 3.05) is 0 Å². The zero-order valence-electron chi connectivity index (χ0n) is 16.9. The van der Waals surface area contributed by atoms with Crippen molar-refractivity contribution in [2.24, 2.45) is 0 Å². The van der Waals surface area contributed by atoms with Gasteiger partial charge in [0.1, 0.15) is 9.88 Å². The number of nitrogens with zero attached hydrogens (tertiary/aromatic N) is 3. The minimum atomic E-state index is -0.445. The van der Waals surface area contributed by atoms with Crippen LogP contribution in [0.4, 0.5) is 0 Å². The van der Waals surface area contributed by atoms with Crippen molar-refractivity contribution in [3.05, 3.63) is 63.9 Å². The number of carbonyl (C=O) groups excluding carboxylic acids is 2. The number of thiazole rings is 1. The van der Waals surface area contributed by atoms with Gasteiger partial charge >= 0.3 is 0 Å². The fraction of sp³-hybridized carbons (Fsp3) is 0.227. The molecular weight excluding hydrogens is 414 g/mol. The molecule has 9 heteroatoms. The molecule has 0 atom stereocenters. The number of benzene rings is 1. The van der Waals surface area contributed by atoms with Crippen molar-refractivity contribution in [1.29, 1.82) is 0 Å². The van der Waals surface area contributed by atoms with Crippen molar-refractivity contribution in [1.82, 2.24) is 26.0 Å². The fourth-order valence-corrected chi connectivity index (χ4v) is 4.40. The molecule has 1 aromatic carbocycles. The quantitative estimate of drug-likeness (QED) is 0.472. The van der Waals surface area contributed by atoms with E-state index in [4.69, 9.17) is 4.52 Å². The van der Waals surface area contributed by atoms with Crippen LogP contribution in [0, 0.1) is 13.8 Å². The summed E-state index contributed by atoms with van der Waals surface area (Å²) < 4.78 is 5.28. The van der Waals surface area contributed by atoms with Crippen LogP contribution in [0.25, 0.3) is 21.7 Å². The zero-order valence-corrected chi connectivity index (χ0v) is 17.7. The lowest BCUT2D eigenvalue weighted by Gasteiger charge is -2.08. The van der Waals surface area contributed by atoms with E-state index in [1.54, 1.807) is 19.9 Å². The molecule has 0 saturated heterocycles. The van der Waals surface area contributed by atoms with Crippen LogP contribution in [-0.4, -0.2) is 26.9 Å². The van der Waals surface area contributed by atoms with Crippen LogP contribution < -0.4 is 10.9 Å². The Morgan fingerprint density at radius 2 is 1.77 bits per heavy atom. The van der Waals surface area contributed by atoms with E-state index in [0.29, 0.717) is 38.8 Å². The monoisotopic (exact) mass is 433 g/mol. The molecule has 0 aliphatic heterocycles. The highest BCUT2D eigenvalue weighted by Crippen LogP contribution is 2.40. The maximum Gasteiger partial charge on any atom is 0.281 e. The van der Waals surface area contributed by atoms with E-state index in [9.17, 15) is 9.59 Å². The number of hydrogen-bond donors (Lipinski definition) is 2. The van der Waals surface area contributed by atoms with E-state index >= 15 is 0 Å². The number of carbonyl (C=O) groups is 2. The van der Waals surface area contributed by atoms with E-state index < -0.39 is 11.8 Å². The molecule has 1 aliphatic carbocycles. The molecule has 5 rings (SSSR count). The summed E-state index contributed by atoms with van der Waals surface area (Å²) in [6, 6.07) is 11.4. The molecule has 3 heterocycles. The molecule has 156 valence electrons. The second kappa shape index (κ2) is 7.59. The first kappa shape index (κ1) is 19.4. The molecule has 0 unspecified atom stereocenters. The van der Waals surface area contributed by atoms with Gasteiger partial charge in [-0.15, -0.1) is 11.3 Å². The second-order valence-corrected chi connectivity index (χ2v) is 8.52. The number of aromatic nitrogens is 3. The topological polar surface area (TPSA) is 110 Å². The number of nitrogens with one attached hydrogen (secondary N) is 2. The van der Waals surface area contributed by atoms with Crippen LogP contribution in [-0.2, 0) is 0 Å². The first-order chi connectivity index (χ1) is 15.0. The third-order valence-electron chi connectivity index (χ3n) is 5.19. The number of aryl methyl sites for hydroxylation is 2. The minimum absolute atomic E-state index is 0.337. The van der Waals surface area contributed by atoms with Gasteiger partial charge in [-0.2, -0.15) is 0 Å². The van der Waals surface area contributed by atoms with E-state index in [2.05, 4.69) is 26.0 Å². The maximum atomic E-state index is 12.9. The lowest BCUT2D eigenvalue weighted by Crippen LogP contribution is -2.41. The first-order valence-corrected chi connectivity index (χ1v) is 10.7. The van der Waals surface area contributed by atoms with Crippen molar-refractivity contribution in [3.8, 4) is 10.6 Å². The minimum Gasteiger partial charge on any atom is -0.336 e. The lowest BCUT2D eigenvalue weighted by molar-refractivity contribution is 0.0849. The van der Waals surface area contributed by atoms with Gasteiger partial charge < -0.3 is 4.52 Å². The molecule has 8 nitrogen and oxygen atoms in total. The lowest BCUT2D eigenvalue weighted by atomic mass is 10.1. The predicted octanol–water partition coefficient (Wildman–Crippen LogP) is 3.92. The van der Waals surface area contributed by atoms with Crippen molar-refractivity contribution < 1.29 is 14.1 Å². The highest BCUT2D eigenvalue weighted by atomic mass is 32.1. The van der Waals surface area contributed by atoms with E-state index in [0.717, 1.165) is 29.1 Å². The predicted molar refractivity (Wildman–Crippen MR) is 116 cm³/mol. The summed E-state index contributed by atoms with van der Waals surface area (Å²) in [5.41, 5.74) is 8.67. The van der Waals surface area contributed by atoms with E-state index in [1.807, 2.05) is 30.3 Å². The average molecular weight is 433 g/mol. The van der Waals surface area contributed by atoms with Gasteiger partial charge in [0.2, 0.25) is 0 Å². The molecule has 0 spiro atoms. The molecule has 1 aliphatic rings. The van der Waals surface area contributed by atoms with Crippen LogP contribution in [0.2, 0.25) is 0 Å². The van der Waals surface area contributed by atoms with Gasteiger partial charge in [0, 0.05) is 17.2 Å². The van der Waals surface area contributed by atoms with Gasteiger partial charge in [-0.1, -0.05) is 35.5 Å². The summed E-state index contributed by atoms with van der Waals surface area (Å²) in [7, 11) is 0. The molecule has 2 amide bonds. The summed E-state index contributed by atoms with van der Waals surface area (Å²) in [6.07, 6.45) is 2.08. The second-order valence-electron chi connectivity index (χ2n) is 7.52. The van der Waals surface area contributed by atoms with Crippen molar-refractivity contribution >= 4 is 34.3 Å². The fourth-order valence-electron chi connectivity index (χ4n) is 3.43. The van der Waals surface area contributed by atoms with Gasteiger partial charge in [-0.25, -0.2) is 9.97 Å². The van der Waals surface area contributed by atoms with Gasteiger partial charge in [0.15, 0.2) is 0 Å². The van der Waals surface area contributed by atoms with Gasteiger partial charge in [0.25, 0.3) is 17.5 Å². The van der Waals surface area contributed by atoms with Crippen LogP contribution in [0.5, 0.6) is 0 Å². The Kier molecular flexibility index (Phi) is 4.74. The summed E-state index contributed by atoms with van der Waals surface area (Å²) in [5.74, 6) is -0.521. The normalized spacial score (nSPS) is 13.4. The van der Waals surface area contributed by atoms with Crippen LogP contribution in [0.15, 0.2) is 40.9 Å². The zero-order chi connectivity index (χ0) is 21.5. The van der Waals surface area contributed by atoms with Gasteiger partial charge in [-0.05, 0) is 32.8 Å². The first-order valence-electron chi connectivity index (χ1n) is 9.91. The summed E-state index contributed by atoms with van der Waals surface area (Å²) in [5, 5.41) is 5.24. The summed E-state index contributed by atoms with van der Waals surface area (Å²) >= 11 is 1.28. The van der Waals surface area contributed by atoms with Crippen LogP contribution >= 0.6 is 11.3 Å². The largest absolute Gasteiger partial charge is 0.336 e. The summed E-state index contributed by atoms with van der Waals surface area (Å²) in [6.45, 7) is 3.53. The number of hydrogen-bond acceptors (Lipinski definition) is 7. The Morgan fingerprint density at radius 3 is 2.52 bits per heavy atom.